The molecule has 1 aromatic rings. The molecule has 1 saturated heterocycles. The van der Waals surface area contributed by atoms with Crippen LogP contribution in [0.4, 0.5) is 0 Å². The van der Waals surface area contributed by atoms with Gasteiger partial charge in [-0.3, -0.25) is 4.90 Å². The van der Waals surface area contributed by atoms with Crippen LogP contribution in [0.2, 0.25) is 0 Å². The van der Waals surface area contributed by atoms with Crippen LogP contribution >= 0.6 is 0 Å². The Kier molecular flexibility index (Phi) is 3.17. The molecule has 17 heavy (non-hydrogen) atoms. The van der Waals surface area contributed by atoms with E-state index in [1.807, 2.05) is 0 Å². The third-order valence-electron chi connectivity index (χ3n) is 4.46. The van der Waals surface area contributed by atoms with Gasteiger partial charge in [0.2, 0.25) is 0 Å². The predicted molar refractivity (Wildman–Crippen MR) is 71.0 cm³/mol. The van der Waals surface area contributed by atoms with E-state index in [9.17, 15) is 0 Å². The molecule has 1 aliphatic carbocycles. The Morgan fingerprint density at radius 1 is 1.24 bits per heavy atom. The van der Waals surface area contributed by atoms with Crippen LogP contribution in [0.25, 0.3) is 0 Å². The number of piperazine rings is 1. The quantitative estimate of drug-likeness (QED) is 0.840. The number of hydrogen-bond acceptors (Lipinski definition) is 2. The number of nitrogens with one attached hydrogen (secondary N) is 1. The first kappa shape index (κ1) is 11.2. The van der Waals surface area contributed by atoms with E-state index >= 15 is 0 Å². The van der Waals surface area contributed by atoms with Crippen molar-refractivity contribution in [3.8, 4) is 0 Å². The van der Waals surface area contributed by atoms with Gasteiger partial charge in [-0.1, -0.05) is 36.8 Å². The fourth-order valence-electron chi connectivity index (χ4n) is 3.52. The van der Waals surface area contributed by atoms with Gasteiger partial charge in [0, 0.05) is 31.2 Å². The van der Waals surface area contributed by atoms with Crippen molar-refractivity contribution in [3.63, 3.8) is 0 Å². The molecular formula is C15H22N2. The highest BCUT2D eigenvalue weighted by atomic mass is 15.3. The molecule has 3 rings (SSSR count). The average molecular weight is 230 g/mol. The molecule has 1 saturated carbocycles. The lowest BCUT2D eigenvalue weighted by Crippen LogP contribution is -2.55. The van der Waals surface area contributed by atoms with Crippen molar-refractivity contribution in [1.82, 2.24) is 10.2 Å². The zero-order chi connectivity index (χ0) is 11.7. The normalized spacial score (nSPS) is 31.1. The fraction of sp³-hybridized carbons (Fsp3) is 0.600. The largest absolute Gasteiger partial charge is 0.311 e. The van der Waals surface area contributed by atoms with Gasteiger partial charge < -0.3 is 5.32 Å². The minimum atomic E-state index is 0.559. The second-order valence-corrected chi connectivity index (χ2v) is 5.38. The number of benzene rings is 1. The summed E-state index contributed by atoms with van der Waals surface area (Å²) < 4.78 is 0. The molecule has 2 nitrogen and oxygen atoms in total. The van der Waals surface area contributed by atoms with Crippen LogP contribution in [-0.2, 0) is 0 Å². The number of rotatable bonds is 2. The van der Waals surface area contributed by atoms with E-state index in [2.05, 4.69) is 47.5 Å². The van der Waals surface area contributed by atoms with E-state index in [4.69, 9.17) is 0 Å². The van der Waals surface area contributed by atoms with Gasteiger partial charge in [-0.2, -0.15) is 0 Å². The van der Waals surface area contributed by atoms with Crippen molar-refractivity contribution in [3.05, 3.63) is 35.9 Å². The molecule has 1 heterocycles. The SMILES string of the molecule is CC(c1ccccc1)N1CCNC2CCCC21. The van der Waals surface area contributed by atoms with E-state index in [1.165, 1.54) is 31.4 Å². The lowest BCUT2D eigenvalue weighted by atomic mass is 10.0. The van der Waals surface area contributed by atoms with Crippen LogP contribution in [0.15, 0.2) is 30.3 Å². The van der Waals surface area contributed by atoms with Crippen molar-refractivity contribution in [2.24, 2.45) is 0 Å². The minimum absolute atomic E-state index is 0.559. The minimum Gasteiger partial charge on any atom is -0.311 e. The third-order valence-corrected chi connectivity index (χ3v) is 4.46. The van der Waals surface area contributed by atoms with E-state index in [-0.39, 0.29) is 0 Å². The van der Waals surface area contributed by atoms with Gasteiger partial charge >= 0.3 is 0 Å². The molecule has 2 fully saturated rings. The molecule has 0 radical (unpaired) electrons. The van der Waals surface area contributed by atoms with Gasteiger partial charge in [-0.05, 0) is 25.3 Å². The summed E-state index contributed by atoms with van der Waals surface area (Å²) in [5.41, 5.74) is 1.46. The molecule has 0 aromatic heterocycles. The Bertz CT molecular complexity index is 362. The van der Waals surface area contributed by atoms with Crippen molar-refractivity contribution >= 4 is 0 Å². The maximum atomic E-state index is 3.68. The summed E-state index contributed by atoms with van der Waals surface area (Å²) in [7, 11) is 0. The highest BCUT2D eigenvalue weighted by Crippen LogP contribution is 2.32. The Morgan fingerprint density at radius 3 is 2.88 bits per heavy atom. The summed E-state index contributed by atoms with van der Waals surface area (Å²) >= 11 is 0. The molecule has 92 valence electrons. The maximum Gasteiger partial charge on any atom is 0.0324 e. The Balaban J connectivity index is 1.79. The van der Waals surface area contributed by atoms with E-state index in [1.54, 1.807) is 0 Å². The van der Waals surface area contributed by atoms with Crippen LogP contribution < -0.4 is 5.32 Å². The number of hydrogen-bond donors (Lipinski definition) is 1. The Labute approximate surface area is 104 Å². The summed E-state index contributed by atoms with van der Waals surface area (Å²) in [5, 5.41) is 3.68. The highest BCUT2D eigenvalue weighted by Gasteiger charge is 2.36. The lowest BCUT2D eigenvalue weighted by molar-refractivity contribution is 0.0951. The molecule has 0 amide bonds. The van der Waals surface area contributed by atoms with Gasteiger partial charge in [0.15, 0.2) is 0 Å². The van der Waals surface area contributed by atoms with Crippen molar-refractivity contribution in [2.75, 3.05) is 13.1 Å². The van der Waals surface area contributed by atoms with Crippen LogP contribution in [0.5, 0.6) is 0 Å². The first-order valence-corrected chi connectivity index (χ1v) is 6.90. The molecule has 0 spiro atoms. The number of nitrogens with zero attached hydrogens (tertiary/aromatic N) is 1. The second kappa shape index (κ2) is 4.79. The zero-order valence-electron chi connectivity index (χ0n) is 10.6. The van der Waals surface area contributed by atoms with Crippen LogP contribution in [0.1, 0.15) is 37.8 Å². The second-order valence-electron chi connectivity index (χ2n) is 5.38. The first-order valence-electron chi connectivity index (χ1n) is 6.90. The van der Waals surface area contributed by atoms with Gasteiger partial charge in [0.05, 0.1) is 0 Å². The Morgan fingerprint density at radius 2 is 2.06 bits per heavy atom. The summed E-state index contributed by atoms with van der Waals surface area (Å²) in [4.78, 5) is 2.71. The van der Waals surface area contributed by atoms with E-state index in [0.717, 1.165) is 18.6 Å². The van der Waals surface area contributed by atoms with Crippen LogP contribution in [-0.4, -0.2) is 30.1 Å². The van der Waals surface area contributed by atoms with E-state index < -0.39 is 0 Å². The predicted octanol–water partition coefficient (Wildman–Crippen LogP) is 2.57. The fourth-order valence-corrected chi connectivity index (χ4v) is 3.52. The van der Waals surface area contributed by atoms with Crippen molar-refractivity contribution in [2.45, 2.75) is 44.3 Å². The van der Waals surface area contributed by atoms with Crippen LogP contribution in [0.3, 0.4) is 0 Å². The van der Waals surface area contributed by atoms with Gasteiger partial charge in [0.1, 0.15) is 0 Å². The van der Waals surface area contributed by atoms with Gasteiger partial charge in [0.25, 0.3) is 0 Å². The van der Waals surface area contributed by atoms with Crippen molar-refractivity contribution < 1.29 is 0 Å². The molecule has 0 bridgehead atoms. The molecule has 2 aliphatic rings. The van der Waals surface area contributed by atoms with E-state index in [0.29, 0.717) is 6.04 Å². The molecule has 3 unspecified atom stereocenters. The summed E-state index contributed by atoms with van der Waals surface area (Å²) in [6.07, 6.45) is 4.12. The number of fused-ring (bicyclic) bond motifs is 1. The zero-order valence-corrected chi connectivity index (χ0v) is 10.6. The molecule has 2 heteroatoms. The topological polar surface area (TPSA) is 15.3 Å². The highest BCUT2D eigenvalue weighted by molar-refractivity contribution is 5.19. The lowest BCUT2D eigenvalue weighted by Gasteiger charge is -2.42. The average Bonchev–Trinajstić information content (AvgIpc) is 2.87. The summed E-state index contributed by atoms with van der Waals surface area (Å²) in [5.74, 6) is 0. The third kappa shape index (κ3) is 2.12. The molecule has 1 aromatic carbocycles. The standard InChI is InChI=1S/C15H22N2/c1-12(13-6-3-2-4-7-13)17-11-10-16-14-8-5-9-15(14)17/h2-4,6-7,12,14-16H,5,8-11H2,1H3. The summed E-state index contributed by atoms with van der Waals surface area (Å²) in [6.45, 7) is 4.70. The van der Waals surface area contributed by atoms with Crippen molar-refractivity contribution in [1.29, 1.82) is 0 Å². The Hall–Kier alpha value is -0.860. The smallest absolute Gasteiger partial charge is 0.0324 e. The molecule has 1 N–H and O–H groups in total. The first-order chi connectivity index (χ1) is 8.36. The summed E-state index contributed by atoms with van der Waals surface area (Å²) in [6, 6.07) is 13.0. The maximum absolute atomic E-state index is 3.68. The molecule has 1 aliphatic heterocycles. The van der Waals surface area contributed by atoms with Crippen LogP contribution in [0, 0.1) is 0 Å². The monoisotopic (exact) mass is 230 g/mol. The van der Waals surface area contributed by atoms with Gasteiger partial charge in [-0.15, -0.1) is 0 Å². The van der Waals surface area contributed by atoms with Gasteiger partial charge in [-0.25, -0.2) is 0 Å². The molecular weight excluding hydrogens is 208 g/mol. The molecule has 3 atom stereocenters.